The van der Waals surface area contributed by atoms with E-state index in [4.69, 9.17) is 4.74 Å². The van der Waals surface area contributed by atoms with E-state index in [1.807, 2.05) is 0 Å². The molecule has 0 bridgehead atoms. The molecule has 1 aliphatic rings. The van der Waals surface area contributed by atoms with Gasteiger partial charge in [0, 0.05) is 10.9 Å². The molecule has 0 spiro atoms. The van der Waals surface area contributed by atoms with Crippen molar-refractivity contribution in [2.24, 2.45) is 0 Å². The zero-order chi connectivity index (χ0) is 11.9. The predicted octanol–water partition coefficient (Wildman–Crippen LogP) is 3.32. The first-order valence-corrected chi connectivity index (χ1v) is 7.61. The third kappa shape index (κ3) is 4.25. The summed E-state index contributed by atoms with van der Waals surface area (Å²) >= 11 is 1.76. The molecule has 1 aliphatic heterocycles. The molecule has 1 heterocycles. The fraction of sp³-hybridized carbons (Fsp3) is 0.571. The molecule has 3 heteroatoms. The van der Waals surface area contributed by atoms with Crippen LogP contribution in [-0.4, -0.2) is 25.4 Å². The Kier molecular flexibility index (Phi) is 5.20. The van der Waals surface area contributed by atoms with Crippen molar-refractivity contribution in [3.05, 3.63) is 24.3 Å². The molecule has 1 aromatic carbocycles. The van der Waals surface area contributed by atoms with Crippen LogP contribution in [0.15, 0.2) is 29.2 Å². The quantitative estimate of drug-likeness (QED) is 0.619. The molecule has 1 unspecified atom stereocenters. The second kappa shape index (κ2) is 6.92. The Morgan fingerprint density at radius 2 is 2.18 bits per heavy atom. The SMILES string of the molecule is CSc1ccc(OCCCC2CCCN2)cc1. The van der Waals surface area contributed by atoms with Gasteiger partial charge in [0.25, 0.3) is 0 Å². The van der Waals surface area contributed by atoms with Crippen molar-refractivity contribution in [1.82, 2.24) is 5.32 Å². The molecule has 94 valence electrons. The highest BCUT2D eigenvalue weighted by molar-refractivity contribution is 7.98. The first-order valence-electron chi connectivity index (χ1n) is 6.39. The van der Waals surface area contributed by atoms with Crippen molar-refractivity contribution in [2.45, 2.75) is 36.6 Å². The largest absolute Gasteiger partial charge is 0.494 e. The fourth-order valence-electron chi connectivity index (χ4n) is 2.19. The summed E-state index contributed by atoms with van der Waals surface area (Å²) < 4.78 is 5.73. The van der Waals surface area contributed by atoms with Gasteiger partial charge < -0.3 is 10.1 Å². The van der Waals surface area contributed by atoms with Gasteiger partial charge in [0.1, 0.15) is 5.75 Å². The molecule has 0 aliphatic carbocycles. The molecular formula is C14H21NOS. The summed E-state index contributed by atoms with van der Waals surface area (Å²) in [7, 11) is 0. The highest BCUT2D eigenvalue weighted by Gasteiger charge is 2.12. The summed E-state index contributed by atoms with van der Waals surface area (Å²) in [6.07, 6.45) is 7.14. The van der Waals surface area contributed by atoms with Crippen LogP contribution in [0.3, 0.4) is 0 Å². The lowest BCUT2D eigenvalue weighted by Crippen LogP contribution is -2.21. The average molecular weight is 251 g/mol. The van der Waals surface area contributed by atoms with E-state index in [2.05, 4.69) is 35.8 Å². The second-order valence-corrected chi connectivity index (χ2v) is 5.34. The van der Waals surface area contributed by atoms with Gasteiger partial charge in [-0.2, -0.15) is 0 Å². The second-order valence-electron chi connectivity index (χ2n) is 4.46. The van der Waals surface area contributed by atoms with Gasteiger partial charge >= 0.3 is 0 Å². The van der Waals surface area contributed by atoms with Crippen LogP contribution in [0.5, 0.6) is 5.75 Å². The number of benzene rings is 1. The minimum absolute atomic E-state index is 0.734. The van der Waals surface area contributed by atoms with Gasteiger partial charge in [-0.05, 0) is 62.7 Å². The zero-order valence-electron chi connectivity index (χ0n) is 10.4. The van der Waals surface area contributed by atoms with Crippen LogP contribution in [0.2, 0.25) is 0 Å². The topological polar surface area (TPSA) is 21.3 Å². The Bertz CT molecular complexity index is 319. The number of rotatable bonds is 6. The minimum Gasteiger partial charge on any atom is -0.494 e. The lowest BCUT2D eigenvalue weighted by molar-refractivity contribution is 0.299. The van der Waals surface area contributed by atoms with E-state index in [1.54, 1.807) is 11.8 Å². The number of ether oxygens (including phenoxy) is 1. The lowest BCUT2D eigenvalue weighted by atomic mass is 10.1. The molecule has 0 saturated carbocycles. The van der Waals surface area contributed by atoms with Crippen LogP contribution < -0.4 is 10.1 Å². The van der Waals surface area contributed by atoms with E-state index in [0.717, 1.165) is 24.8 Å². The molecule has 1 aromatic rings. The van der Waals surface area contributed by atoms with Crippen LogP contribution >= 0.6 is 11.8 Å². The predicted molar refractivity (Wildman–Crippen MR) is 74.0 cm³/mol. The highest BCUT2D eigenvalue weighted by atomic mass is 32.2. The first kappa shape index (κ1) is 12.8. The van der Waals surface area contributed by atoms with Crippen molar-refractivity contribution in [1.29, 1.82) is 0 Å². The Labute approximate surface area is 108 Å². The Morgan fingerprint density at radius 3 is 2.82 bits per heavy atom. The Balaban J connectivity index is 1.63. The summed E-state index contributed by atoms with van der Waals surface area (Å²) in [5.41, 5.74) is 0. The summed E-state index contributed by atoms with van der Waals surface area (Å²) in [6, 6.07) is 9.06. The third-order valence-corrected chi connectivity index (χ3v) is 3.93. The maximum absolute atomic E-state index is 5.73. The summed E-state index contributed by atoms with van der Waals surface area (Å²) in [5, 5.41) is 3.51. The van der Waals surface area contributed by atoms with Crippen LogP contribution in [0.1, 0.15) is 25.7 Å². The summed E-state index contributed by atoms with van der Waals surface area (Å²) in [6.45, 7) is 2.03. The van der Waals surface area contributed by atoms with Crippen molar-refractivity contribution in [3.8, 4) is 5.75 Å². The Hall–Kier alpha value is -0.670. The van der Waals surface area contributed by atoms with E-state index < -0.39 is 0 Å². The van der Waals surface area contributed by atoms with E-state index in [0.29, 0.717) is 0 Å². The van der Waals surface area contributed by atoms with Crippen molar-refractivity contribution >= 4 is 11.8 Å². The average Bonchev–Trinajstić information content (AvgIpc) is 2.88. The van der Waals surface area contributed by atoms with Gasteiger partial charge in [-0.15, -0.1) is 11.8 Å². The number of nitrogens with one attached hydrogen (secondary N) is 1. The van der Waals surface area contributed by atoms with Crippen LogP contribution in [0, 0.1) is 0 Å². The van der Waals surface area contributed by atoms with E-state index in [-0.39, 0.29) is 0 Å². The molecule has 1 saturated heterocycles. The molecule has 0 aromatic heterocycles. The molecule has 0 amide bonds. The molecule has 1 atom stereocenters. The molecule has 2 rings (SSSR count). The first-order chi connectivity index (χ1) is 8.38. The Morgan fingerprint density at radius 1 is 1.35 bits per heavy atom. The van der Waals surface area contributed by atoms with Crippen LogP contribution in [-0.2, 0) is 0 Å². The van der Waals surface area contributed by atoms with Gasteiger partial charge in [0.05, 0.1) is 6.61 Å². The smallest absolute Gasteiger partial charge is 0.119 e. The van der Waals surface area contributed by atoms with Crippen LogP contribution in [0.25, 0.3) is 0 Å². The van der Waals surface area contributed by atoms with Gasteiger partial charge in [-0.3, -0.25) is 0 Å². The third-order valence-electron chi connectivity index (χ3n) is 3.19. The van der Waals surface area contributed by atoms with Gasteiger partial charge in [-0.25, -0.2) is 0 Å². The molecule has 1 N–H and O–H groups in total. The lowest BCUT2D eigenvalue weighted by Gasteiger charge is -2.10. The van der Waals surface area contributed by atoms with E-state index >= 15 is 0 Å². The molecular weight excluding hydrogens is 230 g/mol. The monoisotopic (exact) mass is 251 g/mol. The number of hydrogen-bond acceptors (Lipinski definition) is 3. The summed E-state index contributed by atoms with van der Waals surface area (Å²) in [5.74, 6) is 0.988. The maximum Gasteiger partial charge on any atom is 0.119 e. The standard InChI is InChI=1S/C14H21NOS/c1-17-14-8-6-13(7-9-14)16-11-3-5-12-4-2-10-15-12/h6-9,12,15H,2-5,10-11H2,1H3. The van der Waals surface area contributed by atoms with E-state index in [9.17, 15) is 0 Å². The van der Waals surface area contributed by atoms with Crippen LogP contribution in [0.4, 0.5) is 0 Å². The normalized spacial score (nSPS) is 19.5. The fourth-order valence-corrected chi connectivity index (χ4v) is 2.60. The molecule has 17 heavy (non-hydrogen) atoms. The van der Waals surface area contributed by atoms with Gasteiger partial charge in [0.2, 0.25) is 0 Å². The number of thioether (sulfide) groups is 1. The minimum atomic E-state index is 0.734. The van der Waals surface area contributed by atoms with Crippen molar-refractivity contribution in [3.63, 3.8) is 0 Å². The van der Waals surface area contributed by atoms with Crippen molar-refractivity contribution in [2.75, 3.05) is 19.4 Å². The molecule has 2 nitrogen and oxygen atoms in total. The van der Waals surface area contributed by atoms with Gasteiger partial charge in [-0.1, -0.05) is 0 Å². The molecule has 1 fully saturated rings. The zero-order valence-corrected chi connectivity index (χ0v) is 11.3. The number of hydrogen-bond donors (Lipinski definition) is 1. The summed E-state index contributed by atoms with van der Waals surface area (Å²) in [4.78, 5) is 1.28. The van der Waals surface area contributed by atoms with Crippen molar-refractivity contribution < 1.29 is 4.74 Å². The van der Waals surface area contributed by atoms with E-state index in [1.165, 1.54) is 30.7 Å². The van der Waals surface area contributed by atoms with Gasteiger partial charge in [0.15, 0.2) is 0 Å². The molecule has 0 radical (unpaired) electrons. The maximum atomic E-state index is 5.73. The highest BCUT2D eigenvalue weighted by Crippen LogP contribution is 2.19.